The lowest BCUT2D eigenvalue weighted by Crippen LogP contribution is -2.67. The van der Waals surface area contributed by atoms with E-state index in [-0.39, 0.29) is 41.1 Å². The first kappa shape index (κ1) is 43.0. The number of amidine groups is 1. The van der Waals surface area contributed by atoms with E-state index in [9.17, 15) is 19.2 Å². The summed E-state index contributed by atoms with van der Waals surface area (Å²) in [5.74, 6) is 5.92. The third kappa shape index (κ3) is 8.44. The summed E-state index contributed by atoms with van der Waals surface area (Å²) < 4.78 is 9.55. The molecule has 5 fully saturated rings. The van der Waals surface area contributed by atoms with E-state index >= 15 is 0 Å². The van der Waals surface area contributed by atoms with Gasteiger partial charge in [-0.05, 0) is 84.1 Å². The van der Waals surface area contributed by atoms with Crippen LogP contribution in [0.1, 0.15) is 90.1 Å². The van der Waals surface area contributed by atoms with E-state index < -0.39 is 31.8 Å². The van der Waals surface area contributed by atoms with E-state index in [2.05, 4.69) is 80.5 Å². The number of carbonyl (C=O) groups is 4. The van der Waals surface area contributed by atoms with Crippen molar-refractivity contribution in [3.05, 3.63) is 78.2 Å². The predicted octanol–water partition coefficient (Wildman–Crippen LogP) is 6.27. The molecule has 322 valence electrons. The van der Waals surface area contributed by atoms with Gasteiger partial charge in [-0.2, -0.15) is 0 Å². The topological polar surface area (TPSA) is 170 Å². The van der Waals surface area contributed by atoms with Crippen LogP contribution < -0.4 is 16.0 Å². The number of nitrogens with one attached hydrogen (secondary N) is 4. The molecule has 6 aliphatic rings. The summed E-state index contributed by atoms with van der Waals surface area (Å²) in [6, 6.07) is 7.16. The van der Waals surface area contributed by atoms with Gasteiger partial charge in [-0.3, -0.25) is 9.59 Å². The highest BCUT2D eigenvalue weighted by atomic mass is 31.1. The Labute approximate surface area is 354 Å². The number of rotatable bonds is 14. The summed E-state index contributed by atoms with van der Waals surface area (Å²) in [6.07, 6.45) is 13.6. The van der Waals surface area contributed by atoms with Crippen LogP contribution in [0.4, 0.5) is 9.59 Å². The molecular formula is C45H61N8O6P. The number of benzene rings is 1. The number of H-pyrrole nitrogens is 1. The average Bonchev–Trinajstić information content (AvgIpc) is 4.01. The van der Waals surface area contributed by atoms with Gasteiger partial charge in [-0.25, -0.2) is 19.6 Å². The van der Waals surface area contributed by atoms with Gasteiger partial charge >= 0.3 is 12.2 Å². The molecule has 4 heterocycles. The maximum atomic E-state index is 13.6. The molecule has 3 aliphatic heterocycles. The van der Waals surface area contributed by atoms with Crippen molar-refractivity contribution in [1.29, 1.82) is 0 Å². The van der Waals surface area contributed by atoms with E-state index in [4.69, 9.17) is 14.5 Å². The van der Waals surface area contributed by atoms with Gasteiger partial charge in [-0.15, -0.1) is 0 Å². The molecule has 2 saturated heterocycles. The van der Waals surface area contributed by atoms with E-state index in [0.717, 1.165) is 42.8 Å². The van der Waals surface area contributed by atoms with E-state index in [1.807, 2.05) is 43.7 Å². The largest absolute Gasteiger partial charge is 0.453 e. The van der Waals surface area contributed by atoms with Crippen LogP contribution in [-0.2, 0) is 24.5 Å². The monoisotopic (exact) mass is 840 g/mol. The van der Waals surface area contributed by atoms with Crippen molar-refractivity contribution >= 4 is 43.2 Å². The number of alkyl carbamates (subject to hydrolysis) is 2. The zero-order valence-electron chi connectivity index (χ0n) is 35.8. The highest BCUT2D eigenvalue weighted by molar-refractivity contribution is 7.62. The maximum absolute atomic E-state index is 13.6. The predicted molar refractivity (Wildman–Crippen MR) is 236 cm³/mol. The molecule has 4 amide bonds. The lowest BCUT2D eigenvalue weighted by molar-refractivity contribution is -0.135. The molecule has 60 heavy (non-hydrogen) atoms. The average molecular weight is 841 g/mol. The Balaban J connectivity index is 0.933. The first-order valence-corrected chi connectivity index (χ1v) is 22.9. The van der Waals surface area contributed by atoms with Crippen molar-refractivity contribution in [3.8, 4) is 11.3 Å². The molecule has 14 nitrogen and oxygen atoms in total. The van der Waals surface area contributed by atoms with Gasteiger partial charge in [0, 0.05) is 25.8 Å². The van der Waals surface area contributed by atoms with Crippen LogP contribution in [0.25, 0.3) is 11.3 Å². The number of imidazole rings is 1. The summed E-state index contributed by atoms with van der Waals surface area (Å²) in [5, 5.41) is 9.34. The Bertz CT molecular complexity index is 2080. The molecule has 5 unspecified atom stereocenters. The molecule has 3 aliphatic carbocycles. The van der Waals surface area contributed by atoms with Gasteiger partial charge in [0.2, 0.25) is 11.8 Å². The second-order valence-electron chi connectivity index (χ2n) is 17.7. The number of methoxy groups -OCH3 is 2. The van der Waals surface area contributed by atoms with E-state index in [1.165, 1.54) is 50.8 Å². The molecule has 15 heteroatoms. The van der Waals surface area contributed by atoms with Crippen LogP contribution in [0.5, 0.6) is 0 Å². The van der Waals surface area contributed by atoms with Gasteiger partial charge in [0.1, 0.15) is 23.7 Å². The number of amides is 4. The van der Waals surface area contributed by atoms with Crippen LogP contribution in [0.15, 0.2) is 71.8 Å². The molecule has 4 N–H and O–H groups in total. The van der Waals surface area contributed by atoms with Crippen molar-refractivity contribution in [1.82, 2.24) is 35.7 Å². The minimum Gasteiger partial charge on any atom is -0.453 e. The molecule has 2 bridgehead atoms. The quantitative estimate of drug-likeness (QED) is 0.0981. The summed E-state index contributed by atoms with van der Waals surface area (Å²) in [4.78, 5) is 67.6. The Kier molecular flexibility index (Phi) is 12.8. The maximum Gasteiger partial charge on any atom is 0.407 e. The number of likely N-dealkylation sites (tertiary alicyclic amines) is 2. The SMILES string of the molecule is C=C/N=C(\NCC1=CC=[PH](C23CC(c4ccc(-c5cnc(C6CCCN6C(=O)C(NC(=O)OC)C(C)C)[nH]5)cc4)(C2)C3)C=C1)C1CCCN1C(=O)C(NC(=O)OC)C(C)C. The van der Waals surface area contributed by atoms with E-state index in [0.29, 0.717) is 30.6 Å². The normalized spacial score (nSPS) is 26.6. The van der Waals surface area contributed by atoms with Gasteiger partial charge in [0.05, 0.1) is 38.2 Å². The van der Waals surface area contributed by atoms with Crippen LogP contribution in [0.3, 0.4) is 0 Å². The zero-order valence-corrected chi connectivity index (χ0v) is 36.8. The third-order valence-electron chi connectivity index (χ3n) is 13.2. The van der Waals surface area contributed by atoms with Crippen molar-refractivity contribution < 1.29 is 28.7 Å². The number of allylic oxidation sites excluding steroid dienone is 1. The van der Waals surface area contributed by atoms with Crippen LogP contribution in [-0.4, -0.2) is 113 Å². The fourth-order valence-electron chi connectivity index (χ4n) is 9.96. The van der Waals surface area contributed by atoms with Gasteiger partial charge in [0.25, 0.3) is 0 Å². The Morgan fingerprint density at radius 3 is 2.15 bits per heavy atom. The number of hydrogen-bond acceptors (Lipinski definition) is 8. The minimum absolute atomic E-state index is 0.0898. The van der Waals surface area contributed by atoms with Gasteiger partial charge in [0.15, 0.2) is 0 Å². The van der Waals surface area contributed by atoms with Gasteiger partial charge in [-0.1, -0.05) is 89.9 Å². The minimum atomic E-state index is -0.818. The van der Waals surface area contributed by atoms with E-state index in [1.54, 1.807) is 0 Å². The fourth-order valence-corrected chi connectivity index (χ4v) is 13.2. The summed E-state index contributed by atoms with van der Waals surface area (Å²) in [7, 11) is 1.78. The molecule has 1 aromatic heterocycles. The molecule has 1 aromatic carbocycles. The molecule has 2 aromatic rings. The van der Waals surface area contributed by atoms with Crippen molar-refractivity contribution in [3.63, 3.8) is 0 Å². The second-order valence-corrected chi connectivity index (χ2v) is 20.3. The molecule has 3 saturated carbocycles. The summed E-state index contributed by atoms with van der Waals surface area (Å²) in [6.45, 7) is 13.3. The zero-order chi connectivity index (χ0) is 42.8. The lowest BCUT2D eigenvalue weighted by atomic mass is 9.41. The Morgan fingerprint density at radius 1 is 0.950 bits per heavy atom. The van der Waals surface area contributed by atoms with Crippen molar-refractivity contribution in [2.75, 3.05) is 33.9 Å². The van der Waals surface area contributed by atoms with Crippen LogP contribution in [0, 0.1) is 11.8 Å². The Hall–Kier alpha value is -5.10. The Morgan fingerprint density at radius 2 is 1.57 bits per heavy atom. The van der Waals surface area contributed by atoms with Crippen molar-refractivity contribution in [2.24, 2.45) is 16.8 Å². The lowest BCUT2D eigenvalue weighted by Gasteiger charge is -2.72. The van der Waals surface area contributed by atoms with Crippen molar-refractivity contribution in [2.45, 2.75) is 107 Å². The number of aromatic amines is 1. The number of nitrogens with zero attached hydrogens (tertiary/aromatic N) is 4. The number of aromatic nitrogens is 2. The number of carbonyl (C=O) groups excluding carboxylic acids is 4. The fraction of sp³-hybridized carbons (Fsp3) is 0.533. The van der Waals surface area contributed by atoms with Gasteiger partial charge < -0.3 is 40.2 Å². The molecule has 5 atom stereocenters. The molecular weight excluding hydrogens is 780 g/mol. The summed E-state index contributed by atoms with van der Waals surface area (Å²) >= 11 is 0. The molecule has 0 radical (unpaired) electrons. The first-order chi connectivity index (χ1) is 28.8. The number of aliphatic imine (C=N–C) groups is 1. The van der Waals surface area contributed by atoms with Crippen LogP contribution in [0.2, 0.25) is 0 Å². The summed E-state index contributed by atoms with van der Waals surface area (Å²) in [5.41, 5.74) is 4.81. The highest BCUT2D eigenvalue weighted by Crippen LogP contribution is 2.78. The standard InChI is InChI=1S/C45H61N8O6P/c1-8-46-38(34-11-9-19-52(34)40(54)36(28(2)3)50-42(56)58-6)47-23-30-17-21-60(22-18-30)45-25-44(26-45,27-45)32-15-13-31(14-16-32)33-24-48-39(49-33)35-12-10-20-53(35)41(55)37(29(4)5)51-43(57)59-7/h8,13-18,21-22,24,28-29,34-37,60H,1,9-12,19-20,23,25-27H2,2-7H3,(H,46,47)(H,48,49)(H,50,56)(H,51,57). The van der Waals surface area contributed by atoms with Crippen LogP contribution >= 0.6 is 7.55 Å². The number of hydrogen-bond donors (Lipinski definition) is 4. The molecule has 8 rings (SSSR count). The second kappa shape index (κ2) is 17.9. The smallest absolute Gasteiger partial charge is 0.407 e. The number of ether oxygens (including phenoxy) is 2. The molecule has 0 spiro atoms. The third-order valence-corrected chi connectivity index (χ3v) is 16.0. The highest BCUT2D eigenvalue weighted by Gasteiger charge is 2.68. The first-order valence-electron chi connectivity index (χ1n) is 21.3.